The SMILES string of the molecule is Nc1nnc(C2CCC(N3CCCC3Cc3ccc(Cl)cc3)CC2)[nH]1. The standard InChI is InChI=1S/C19H26ClN5/c20-15-7-3-13(4-8-15)12-17-2-1-11-25(17)16-9-5-14(6-10-16)18-22-19(21)24-23-18/h3-4,7-8,14,16-17H,1-2,5-6,9-12H2,(H3,21,22,23,24). The number of aromatic nitrogens is 3. The monoisotopic (exact) mass is 359 g/mol. The van der Waals surface area contributed by atoms with Gasteiger partial charge in [-0.1, -0.05) is 23.7 Å². The number of halogens is 1. The van der Waals surface area contributed by atoms with Crippen molar-refractivity contribution in [3.05, 3.63) is 40.7 Å². The van der Waals surface area contributed by atoms with E-state index in [-0.39, 0.29) is 0 Å². The van der Waals surface area contributed by atoms with Gasteiger partial charge in [-0.2, -0.15) is 0 Å². The number of likely N-dealkylation sites (tertiary alicyclic amines) is 1. The van der Waals surface area contributed by atoms with Crippen LogP contribution in [0.15, 0.2) is 24.3 Å². The zero-order valence-electron chi connectivity index (χ0n) is 14.5. The molecule has 0 spiro atoms. The molecule has 6 heteroatoms. The average Bonchev–Trinajstić information content (AvgIpc) is 3.26. The fraction of sp³-hybridized carbons (Fsp3) is 0.579. The van der Waals surface area contributed by atoms with Crippen molar-refractivity contribution in [2.45, 2.75) is 62.9 Å². The molecule has 2 aliphatic rings. The molecule has 2 fully saturated rings. The Morgan fingerprint density at radius 2 is 1.84 bits per heavy atom. The number of rotatable bonds is 4. The Bertz CT molecular complexity index is 690. The highest BCUT2D eigenvalue weighted by atomic mass is 35.5. The quantitative estimate of drug-likeness (QED) is 0.871. The van der Waals surface area contributed by atoms with E-state index in [9.17, 15) is 0 Å². The molecule has 0 amide bonds. The van der Waals surface area contributed by atoms with E-state index < -0.39 is 0 Å². The molecule has 3 N–H and O–H groups in total. The van der Waals surface area contributed by atoms with Crippen LogP contribution in [0, 0.1) is 0 Å². The minimum Gasteiger partial charge on any atom is -0.368 e. The summed E-state index contributed by atoms with van der Waals surface area (Å²) in [5.41, 5.74) is 7.06. The molecule has 1 saturated heterocycles. The fourth-order valence-electron chi connectivity index (χ4n) is 4.60. The summed E-state index contributed by atoms with van der Waals surface area (Å²) >= 11 is 6.01. The van der Waals surface area contributed by atoms with Crippen LogP contribution in [0.2, 0.25) is 5.02 Å². The van der Waals surface area contributed by atoms with Crippen molar-refractivity contribution < 1.29 is 0 Å². The van der Waals surface area contributed by atoms with Gasteiger partial charge in [0.25, 0.3) is 0 Å². The van der Waals surface area contributed by atoms with Gasteiger partial charge in [0, 0.05) is 23.0 Å². The summed E-state index contributed by atoms with van der Waals surface area (Å²) in [6, 6.07) is 9.73. The Morgan fingerprint density at radius 1 is 1.08 bits per heavy atom. The van der Waals surface area contributed by atoms with E-state index in [1.807, 2.05) is 12.1 Å². The molecule has 5 nitrogen and oxygen atoms in total. The van der Waals surface area contributed by atoms with Crippen LogP contribution in [0.25, 0.3) is 0 Å². The highest BCUT2D eigenvalue weighted by molar-refractivity contribution is 6.30. The lowest BCUT2D eigenvalue weighted by Gasteiger charge is -2.37. The Labute approximate surface area is 154 Å². The number of aromatic amines is 1. The number of nitrogens with one attached hydrogen (secondary N) is 1. The van der Waals surface area contributed by atoms with E-state index in [0.717, 1.165) is 17.3 Å². The van der Waals surface area contributed by atoms with Gasteiger partial charge in [-0.3, -0.25) is 4.90 Å². The summed E-state index contributed by atoms with van der Waals surface area (Å²) in [7, 11) is 0. The molecular formula is C19H26ClN5. The minimum atomic E-state index is 0.430. The second kappa shape index (κ2) is 7.34. The largest absolute Gasteiger partial charge is 0.368 e. The second-order valence-electron chi connectivity index (χ2n) is 7.47. The number of benzene rings is 1. The predicted molar refractivity (Wildman–Crippen MR) is 101 cm³/mol. The van der Waals surface area contributed by atoms with Crippen LogP contribution in [0.3, 0.4) is 0 Å². The van der Waals surface area contributed by atoms with Gasteiger partial charge in [0.05, 0.1) is 0 Å². The first kappa shape index (κ1) is 16.9. The van der Waals surface area contributed by atoms with E-state index in [2.05, 4.69) is 32.2 Å². The van der Waals surface area contributed by atoms with Crippen LogP contribution < -0.4 is 5.73 Å². The van der Waals surface area contributed by atoms with E-state index in [1.54, 1.807) is 0 Å². The first-order valence-corrected chi connectivity index (χ1v) is 9.75. The molecule has 1 aromatic carbocycles. The van der Waals surface area contributed by atoms with Gasteiger partial charge in [-0.05, 0) is 69.2 Å². The van der Waals surface area contributed by atoms with E-state index in [0.29, 0.717) is 23.9 Å². The van der Waals surface area contributed by atoms with Crippen LogP contribution in [-0.2, 0) is 6.42 Å². The summed E-state index contributed by atoms with van der Waals surface area (Å²) in [5.74, 6) is 1.88. The first-order chi connectivity index (χ1) is 12.2. The maximum absolute atomic E-state index is 6.01. The zero-order chi connectivity index (χ0) is 17.2. The number of nitrogens with two attached hydrogens (primary N) is 1. The molecule has 25 heavy (non-hydrogen) atoms. The van der Waals surface area contributed by atoms with Crippen molar-refractivity contribution >= 4 is 17.5 Å². The van der Waals surface area contributed by atoms with E-state index >= 15 is 0 Å². The van der Waals surface area contributed by atoms with Crippen molar-refractivity contribution in [3.63, 3.8) is 0 Å². The molecule has 1 unspecified atom stereocenters. The van der Waals surface area contributed by atoms with Crippen molar-refractivity contribution in [1.82, 2.24) is 20.1 Å². The van der Waals surface area contributed by atoms with Crippen LogP contribution in [0.5, 0.6) is 0 Å². The Kier molecular flexibility index (Phi) is 4.95. The first-order valence-electron chi connectivity index (χ1n) is 9.37. The molecule has 2 aromatic rings. The molecule has 2 heterocycles. The topological polar surface area (TPSA) is 70.8 Å². The molecular weight excluding hydrogens is 334 g/mol. The van der Waals surface area contributed by atoms with Gasteiger partial charge in [0.1, 0.15) is 5.82 Å². The Morgan fingerprint density at radius 3 is 2.52 bits per heavy atom. The minimum absolute atomic E-state index is 0.430. The van der Waals surface area contributed by atoms with Crippen LogP contribution in [-0.4, -0.2) is 38.7 Å². The van der Waals surface area contributed by atoms with Gasteiger partial charge < -0.3 is 10.7 Å². The molecule has 1 saturated carbocycles. The summed E-state index contributed by atoms with van der Waals surface area (Å²) in [6.45, 7) is 1.24. The molecule has 1 aromatic heterocycles. The number of nitrogens with zero attached hydrogens (tertiary/aromatic N) is 3. The predicted octanol–water partition coefficient (Wildman–Crippen LogP) is 3.77. The fourth-order valence-corrected chi connectivity index (χ4v) is 4.73. The van der Waals surface area contributed by atoms with Crippen LogP contribution >= 0.6 is 11.6 Å². The molecule has 4 rings (SSSR count). The number of hydrogen-bond acceptors (Lipinski definition) is 4. The van der Waals surface area contributed by atoms with Gasteiger partial charge in [0.15, 0.2) is 0 Å². The number of hydrogen-bond donors (Lipinski definition) is 2. The van der Waals surface area contributed by atoms with E-state index in [4.69, 9.17) is 17.3 Å². The summed E-state index contributed by atoms with van der Waals surface area (Å²) in [4.78, 5) is 5.87. The lowest BCUT2D eigenvalue weighted by Crippen LogP contribution is -2.42. The highest BCUT2D eigenvalue weighted by Gasteiger charge is 2.34. The lowest BCUT2D eigenvalue weighted by molar-refractivity contribution is 0.134. The van der Waals surface area contributed by atoms with Crippen LogP contribution in [0.4, 0.5) is 5.95 Å². The van der Waals surface area contributed by atoms with Crippen LogP contribution in [0.1, 0.15) is 55.8 Å². The Hall–Kier alpha value is -1.59. The third kappa shape index (κ3) is 3.82. The number of anilines is 1. The maximum atomic E-state index is 6.01. The van der Waals surface area contributed by atoms with Gasteiger partial charge in [0.2, 0.25) is 5.95 Å². The third-order valence-corrected chi connectivity index (χ3v) is 6.13. The normalized spacial score (nSPS) is 27.6. The van der Waals surface area contributed by atoms with Crippen molar-refractivity contribution in [2.24, 2.45) is 0 Å². The average molecular weight is 360 g/mol. The molecule has 1 aliphatic heterocycles. The highest BCUT2D eigenvalue weighted by Crippen LogP contribution is 2.36. The summed E-state index contributed by atoms with van der Waals surface area (Å²) < 4.78 is 0. The number of nitrogen functional groups attached to an aromatic ring is 1. The van der Waals surface area contributed by atoms with E-state index in [1.165, 1.54) is 50.6 Å². The maximum Gasteiger partial charge on any atom is 0.219 e. The third-order valence-electron chi connectivity index (χ3n) is 5.88. The Balaban J connectivity index is 1.35. The molecule has 1 aliphatic carbocycles. The van der Waals surface area contributed by atoms with Crippen molar-refractivity contribution in [3.8, 4) is 0 Å². The second-order valence-corrected chi connectivity index (χ2v) is 7.90. The van der Waals surface area contributed by atoms with Gasteiger partial charge >= 0.3 is 0 Å². The zero-order valence-corrected chi connectivity index (χ0v) is 15.3. The smallest absolute Gasteiger partial charge is 0.219 e. The van der Waals surface area contributed by atoms with Crippen molar-refractivity contribution in [2.75, 3.05) is 12.3 Å². The summed E-state index contributed by atoms with van der Waals surface area (Å²) in [6.07, 6.45) is 8.57. The van der Waals surface area contributed by atoms with Gasteiger partial charge in [-0.25, -0.2) is 0 Å². The molecule has 1 atom stereocenters. The van der Waals surface area contributed by atoms with Crippen molar-refractivity contribution in [1.29, 1.82) is 0 Å². The molecule has 134 valence electrons. The summed E-state index contributed by atoms with van der Waals surface area (Å²) in [5, 5.41) is 8.91. The lowest BCUT2D eigenvalue weighted by atomic mass is 9.84. The molecule has 0 bridgehead atoms. The number of H-pyrrole nitrogens is 1. The van der Waals surface area contributed by atoms with Gasteiger partial charge in [-0.15, -0.1) is 10.2 Å². The molecule has 0 radical (unpaired) electrons.